The fraction of sp³-hybridized carbons (Fsp3) is 0. The SMILES string of the molecule is O=C(O)c1ccc(-c2cc3cc4nc(cc5ccc(cc6nc(cc2[nH]3)C=C6)[nH]5)C=C4)cc1.[Cl][Fe]([Cl])[Cl]. The third-order valence-electron chi connectivity index (χ3n) is 5.61. The van der Waals surface area contributed by atoms with Crippen molar-refractivity contribution >= 4 is 82.6 Å². The normalized spacial score (nSPS) is 12.1. The molecule has 0 unspecified atom stereocenters. The summed E-state index contributed by atoms with van der Waals surface area (Å²) < 4.78 is 0. The van der Waals surface area contributed by atoms with Gasteiger partial charge in [-0.15, -0.1) is 0 Å². The maximum atomic E-state index is 11.2. The van der Waals surface area contributed by atoms with Gasteiger partial charge < -0.3 is 15.1 Å². The molecule has 0 aliphatic carbocycles. The monoisotopic (exact) mass is 591 g/mol. The van der Waals surface area contributed by atoms with E-state index in [1.165, 1.54) is 0 Å². The Hall–Kier alpha value is -3.32. The van der Waals surface area contributed by atoms with Gasteiger partial charge in [0.05, 0.1) is 28.3 Å². The third-order valence-corrected chi connectivity index (χ3v) is 5.61. The molecule has 37 heavy (non-hydrogen) atoms. The topological polar surface area (TPSA) is 94.7 Å². The zero-order valence-electron chi connectivity index (χ0n) is 18.9. The van der Waals surface area contributed by atoms with Crippen LogP contribution in [-0.4, -0.2) is 31.0 Å². The van der Waals surface area contributed by atoms with E-state index in [2.05, 4.69) is 9.97 Å². The average Bonchev–Trinajstić information content (AvgIpc) is 3.64. The molecule has 6 nitrogen and oxygen atoms in total. The molecule has 2 aliphatic rings. The summed E-state index contributed by atoms with van der Waals surface area (Å²) in [5.74, 6) is -0.942. The van der Waals surface area contributed by atoms with Gasteiger partial charge in [-0.05, 0) is 84.5 Å². The Kier molecular flexibility index (Phi) is 7.51. The number of aromatic nitrogens is 4. The molecule has 0 saturated carbocycles. The molecule has 3 aromatic heterocycles. The number of benzene rings is 1. The molecule has 0 amide bonds. The summed E-state index contributed by atoms with van der Waals surface area (Å²) in [5.41, 5.74) is 9.29. The Morgan fingerprint density at radius 1 is 0.676 bits per heavy atom. The van der Waals surface area contributed by atoms with Crippen molar-refractivity contribution in [2.24, 2.45) is 0 Å². The molecule has 0 atom stereocenters. The maximum absolute atomic E-state index is 11.2. The fourth-order valence-electron chi connectivity index (χ4n) is 4.05. The van der Waals surface area contributed by atoms with Gasteiger partial charge in [0.1, 0.15) is 0 Å². The molecular formula is C27H18Cl3FeN4O2. The van der Waals surface area contributed by atoms with Gasteiger partial charge in [-0.1, -0.05) is 12.1 Å². The van der Waals surface area contributed by atoms with Gasteiger partial charge in [0.15, 0.2) is 0 Å². The Morgan fingerprint density at radius 2 is 1.16 bits per heavy atom. The summed E-state index contributed by atoms with van der Waals surface area (Å²) in [7, 11) is 14.7. The number of carboxylic acid groups (broad SMARTS) is 1. The van der Waals surface area contributed by atoms with Crippen molar-refractivity contribution in [1.29, 1.82) is 0 Å². The zero-order chi connectivity index (χ0) is 25.9. The first-order valence-corrected chi connectivity index (χ1v) is 15.5. The molecule has 0 radical (unpaired) electrons. The molecule has 187 valence electrons. The Labute approximate surface area is 228 Å². The first-order chi connectivity index (χ1) is 17.8. The van der Waals surface area contributed by atoms with Crippen LogP contribution >= 0.6 is 30.3 Å². The minimum atomic E-state index is -1.33. The molecule has 2 aliphatic heterocycles. The molecule has 0 saturated heterocycles. The second-order valence-corrected chi connectivity index (χ2v) is 13.6. The van der Waals surface area contributed by atoms with Crippen LogP contribution in [0.15, 0.2) is 66.7 Å². The second kappa shape index (κ2) is 11.0. The van der Waals surface area contributed by atoms with Crippen molar-refractivity contribution in [2.75, 3.05) is 0 Å². The van der Waals surface area contributed by atoms with Crippen LogP contribution in [0.2, 0.25) is 0 Å². The Bertz CT molecular complexity index is 1700. The van der Waals surface area contributed by atoms with E-state index >= 15 is 0 Å². The number of hydrogen-bond acceptors (Lipinski definition) is 3. The molecule has 0 fully saturated rings. The molecular weight excluding hydrogens is 575 g/mol. The number of carboxylic acids is 1. The van der Waals surface area contributed by atoms with E-state index in [-0.39, 0.29) is 5.56 Å². The first kappa shape index (κ1) is 25.3. The van der Waals surface area contributed by atoms with Gasteiger partial charge in [0.25, 0.3) is 0 Å². The van der Waals surface area contributed by atoms with Crippen LogP contribution < -0.4 is 0 Å². The van der Waals surface area contributed by atoms with Crippen LogP contribution in [0.25, 0.3) is 57.5 Å². The van der Waals surface area contributed by atoms with Gasteiger partial charge in [-0.3, -0.25) is 0 Å². The quantitative estimate of drug-likeness (QED) is 0.177. The summed E-state index contributed by atoms with van der Waals surface area (Å²) in [6, 6.07) is 21.0. The van der Waals surface area contributed by atoms with Crippen molar-refractivity contribution < 1.29 is 21.1 Å². The molecule has 5 heterocycles. The Morgan fingerprint density at radius 3 is 1.68 bits per heavy atom. The van der Waals surface area contributed by atoms with Crippen molar-refractivity contribution in [2.45, 2.75) is 0 Å². The molecule has 3 N–H and O–H groups in total. The van der Waals surface area contributed by atoms with E-state index in [0.717, 1.165) is 56.0 Å². The van der Waals surface area contributed by atoms with E-state index in [4.69, 9.17) is 40.3 Å². The van der Waals surface area contributed by atoms with Crippen LogP contribution in [0.1, 0.15) is 33.1 Å². The number of carbonyl (C=O) groups is 1. The van der Waals surface area contributed by atoms with Gasteiger partial charge >= 0.3 is 47.4 Å². The third kappa shape index (κ3) is 6.34. The van der Waals surface area contributed by atoms with E-state index in [9.17, 15) is 9.90 Å². The minimum absolute atomic E-state index is 0.257. The fourth-order valence-corrected chi connectivity index (χ4v) is 4.05. The van der Waals surface area contributed by atoms with E-state index < -0.39 is 17.1 Å². The van der Waals surface area contributed by atoms with Gasteiger partial charge in [0.2, 0.25) is 0 Å². The molecule has 6 rings (SSSR count). The summed E-state index contributed by atoms with van der Waals surface area (Å²) >= 11 is -1.33. The molecule has 10 heteroatoms. The molecule has 4 aromatic rings. The van der Waals surface area contributed by atoms with Crippen LogP contribution in [0.3, 0.4) is 0 Å². The van der Waals surface area contributed by atoms with Crippen molar-refractivity contribution in [3.8, 4) is 11.1 Å². The number of aromatic carboxylic acids is 1. The zero-order valence-corrected chi connectivity index (χ0v) is 22.3. The number of rotatable bonds is 2. The van der Waals surface area contributed by atoms with Crippen LogP contribution in [0.5, 0.6) is 0 Å². The van der Waals surface area contributed by atoms with Crippen molar-refractivity contribution in [1.82, 2.24) is 19.9 Å². The van der Waals surface area contributed by atoms with Gasteiger partial charge in [0, 0.05) is 27.6 Å². The average molecular weight is 593 g/mol. The number of hydrogen-bond donors (Lipinski definition) is 3. The summed E-state index contributed by atoms with van der Waals surface area (Å²) in [5, 5.41) is 9.23. The van der Waals surface area contributed by atoms with Crippen LogP contribution in [0.4, 0.5) is 0 Å². The number of H-pyrrole nitrogens is 2. The molecule has 1 aromatic carbocycles. The number of nitrogens with one attached hydrogen (secondary N) is 2. The summed E-state index contributed by atoms with van der Waals surface area (Å²) in [4.78, 5) is 27.5. The van der Waals surface area contributed by atoms with Crippen LogP contribution in [0, 0.1) is 0 Å². The second-order valence-electron chi connectivity index (χ2n) is 8.12. The molecule has 0 spiro atoms. The van der Waals surface area contributed by atoms with Gasteiger partial charge in [-0.25, -0.2) is 14.8 Å². The van der Waals surface area contributed by atoms with Crippen LogP contribution in [-0.2, 0) is 11.2 Å². The number of fused-ring (bicyclic) bond motifs is 8. The van der Waals surface area contributed by atoms with E-state index in [1.54, 1.807) is 12.1 Å². The van der Waals surface area contributed by atoms with Crippen molar-refractivity contribution in [3.63, 3.8) is 0 Å². The number of halogens is 3. The van der Waals surface area contributed by atoms with Crippen molar-refractivity contribution in [3.05, 3.63) is 95.1 Å². The first-order valence-electron chi connectivity index (χ1n) is 10.9. The predicted molar refractivity (Wildman–Crippen MR) is 149 cm³/mol. The summed E-state index contributed by atoms with van der Waals surface area (Å²) in [6.07, 6.45) is 7.93. The summed E-state index contributed by atoms with van der Waals surface area (Å²) in [6.45, 7) is 0. The van der Waals surface area contributed by atoms with Gasteiger partial charge in [-0.2, -0.15) is 0 Å². The Balaban J connectivity index is 0.000000655. The van der Waals surface area contributed by atoms with E-state index in [0.29, 0.717) is 0 Å². The number of nitrogens with zero attached hydrogens (tertiary/aromatic N) is 2. The van der Waals surface area contributed by atoms with E-state index in [1.807, 2.05) is 78.9 Å². The molecule has 8 bridgehead atoms. The predicted octanol–water partition coefficient (Wildman–Crippen LogP) is 8.09. The standard InChI is InChI=1S/C27H18N4O2.3ClH.Fe/c32-27(33)17-3-1-16(2-4-17)25-14-24-13-22-8-7-20(29-22)11-18-5-6-19(28-18)12-21-9-10-23(30-21)15-26(25)31-24;;;;/h1-15,28,31H,(H,32,33);3*1H;/q;;;;+3/p-3. The number of aromatic amines is 2.